The van der Waals surface area contributed by atoms with Crippen LogP contribution in [0, 0.1) is 5.92 Å². The van der Waals surface area contributed by atoms with Crippen molar-refractivity contribution >= 4 is 17.7 Å². The normalized spacial score (nSPS) is 22.2. The van der Waals surface area contributed by atoms with Crippen molar-refractivity contribution in [2.45, 2.75) is 55.8 Å². The van der Waals surface area contributed by atoms with Crippen LogP contribution in [0.25, 0.3) is 0 Å². The van der Waals surface area contributed by atoms with Crippen molar-refractivity contribution in [1.29, 1.82) is 0 Å². The van der Waals surface area contributed by atoms with Gasteiger partial charge in [-0.2, -0.15) is 0 Å². The predicted octanol–water partition coefficient (Wildman–Crippen LogP) is 2.63. The number of hydrogen-bond donors (Lipinski definition) is 3. The van der Waals surface area contributed by atoms with Crippen molar-refractivity contribution in [2.75, 3.05) is 19.3 Å². The van der Waals surface area contributed by atoms with Crippen LogP contribution in [0.3, 0.4) is 0 Å². The molecule has 1 amide bonds. The number of carbonyl (C=O) groups is 1. The summed E-state index contributed by atoms with van der Waals surface area (Å²) in [6.45, 7) is 1.29. The Morgan fingerprint density at radius 1 is 1.24 bits per heavy atom. The van der Waals surface area contributed by atoms with Crippen molar-refractivity contribution in [3.63, 3.8) is 0 Å². The Kier molecular flexibility index (Phi) is 6.84. The maximum absolute atomic E-state index is 12.7. The smallest absolute Gasteiger partial charge is 0.226 e. The molecule has 29 heavy (non-hydrogen) atoms. The van der Waals surface area contributed by atoms with Gasteiger partial charge in [0.2, 0.25) is 5.91 Å². The molecule has 1 aliphatic heterocycles. The molecule has 2 aromatic rings. The van der Waals surface area contributed by atoms with Crippen molar-refractivity contribution < 1.29 is 4.79 Å². The first-order chi connectivity index (χ1) is 14.3. The van der Waals surface area contributed by atoms with Crippen LogP contribution in [-0.2, 0) is 11.2 Å². The first-order valence-electron chi connectivity index (χ1n) is 10.6. The van der Waals surface area contributed by atoms with Gasteiger partial charge < -0.3 is 9.88 Å². The number of hydrazine groups is 1. The molecule has 4 rings (SSSR count). The lowest BCUT2D eigenvalue weighted by Crippen LogP contribution is -2.35. The fraction of sp³-hybridized carbons (Fsp3) is 0.571. The average molecular weight is 415 g/mol. The number of nitrogens with one attached hydrogen (secondary N) is 3. The minimum Gasteiger partial charge on any atom is -0.356 e. The molecule has 3 N–H and O–H groups in total. The summed E-state index contributed by atoms with van der Waals surface area (Å²) in [5, 5.41) is 12.9. The molecule has 0 bridgehead atoms. The number of thioether (sulfide) groups is 1. The SMILES string of the molecule is CSc1nnc(CCCNC(=O)C2CNNC2c2ccccc2)n1C1CCCC1. The Morgan fingerprint density at radius 2 is 2.03 bits per heavy atom. The number of amides is 1. The number of rotatable bonds is 8. The zero-order valence-corrected chi connectivity index (χ0v) is 17.8. The summed E-state index contributed by atoms with van der Waals surface area (Å²) in [6, 6.07) is 10.7. The van der Waals surface area contributed by atoms with Gasteiger partial charge in [0, 0.05) is 25.6 Å². The van der Waals surface area contributed by atoms with Crippen molar-refractivity contribution in [3.05, 3.63) is 41.7 Å². The van der Waals surface area contributed by atoms with Gasteiger partial charge >= 0.3 is 0 Å². The molecule has 1 saturated heterocycles. The number of carbonyl (C=O) groups excluding carboxylic acids is 1. The fourth-order valence-corrected chi connectivity index (χ4v) is 5.03. The molecule has 0 spiro atoms. The molecule has 2 heterocycles. The standard InChI is InChI=1S/C21H30N6OS/c1-29-21-26-24-18(27(21)16-10-5-6-11-16)12-7-13-22-20(28)17-14-23-25-19(17)15-8-3-2-4-9-15/h2-4,8-9,16-17,19,23,25H,5-7,10-14H2,1H3,(H,22,28). The number of benzene rings is 1. The van der Waals surface area contributed by atoms with Crippen LogP contribution in [0.1, 0.15) is 55.6 Å². The maximum atomic E-state index is 12.7. The summed E-state index contributed by atoms with van der Waals surface area (Å²) in [4.78, 5) is 12.7. The lowest BCUT2D eigenvalue weighted by Gasteiger charge is -2.19. The van der Waals surface area contributed by atoms with Gasteiger partial charge in [-0.05, 0) is 31.1 Å². The molecule has 7 nitrogen and oxygen atoms in total. The van der Waals surface area contributed by atoms with E-state index in [1.807, 2.05) is 18.2 Å². The van der Waals surface area contributed by atoms with E-state index in [9.17, 15) is 4.79 Å². The number of nitrogens with zero attached hydrogens (tertiary/aromatic N) is 3. The van der Waals surface area contributed by atoms with E-state index in [-0.39, 0.29) is 17.9 Å². The zero-order chi connectivity index (χ0) is 20.1. The molecule has 1 saturated carbocycles. The average Bonchev–Trinajstić information content (AvgIpc) is 3.51. The quantitative estimate of drug-likeness (QED) is 0.455. The number of aromatic nitrogens is 3. The van der Waals surface area contributed by atoms with Crippen LogP contribution in [-0.4, -0.2) is 40.0 Å². The number of hydrogen-bond acceptors (Lipinski definition) is 6. The van der Waals surface area contributed by atoms with Crippen LogP contribution >= 0.6 is 11.8 Å². The molecule has 2 aliphatic rings. The van der Waals surface area contributed by atoms with Crippen LogP contribution in [0.4, 0.5) is 0 Å². The molecule has 0 radical (unpaired) electrons. The Balaban J connectivity index is 1.30. The Bertz CT molecular complexity index is 805. The second-order valence-electron chi connectivity index (χ2n) is 7.83. The molecule has 1 aliphatic carbocycles. The number of aryl methyl sites for hydroxylation is 1. The maximum Gasteiger partial charge on any atom is 0.226 e. The molecule has 2 atom stereocenters. The Morgan fingerprint density at radius 3 is 2.79 bits per heavy atom. The summed E-state index contributed by atoms with van der Waals surface area (Å²) in [7, 11) is 0. The lowest BCUT2D eigenvalue weighted by atomic mass is 9.94. The molecule has 2 fully saturated rings. The van der Waals surface area contributed by atoms with Gasteiger partial charge in [0.05, 0.1) is 12.0 Å². The highest BCUT2D eigenvalue weighted by molar-refractivity contribution is 7.98. The fourth-order valence-electron chi connectivity index (χ4n) is 4.45. The van der Waals surface area contributed by atoms with E-state index >= 15 is 0 Å². The second kappa shape index (κ2) is 9.73. The third kappa shape index (κ3) is 4.65. The largest absolute Gasteiger partial charge is 0.356 e. The summed E-state index contributed by atoms with van der Waals surface area (Å²) in [5.74, 6) is 1.04. The summed E-state index contributed by atoms with van der Waals surface area (Å²) in [6.07, 6.45) is 8.79. The lowest BCUT2D eigenvalue weighted by molar-refractivity contribution is -0.124. The van der Waals surface area contributed by atoms with E-state index in [1.165, 1.54) is 25.7 Å². The van der Waals surface area contributed by atoms with E-state index in [1.54, 1.807) is 11.8 Å². The van der Waals surface area contributed by atoms with Crippen LogP contribution in [0.15, 0.2) is 35.5 Å². The highest BCUT2D eigenvalue weighted by Crippen LogP contribution is 2.33. The summed E-state index contributed by atoms with van der Waals surface area (Å²) < 4.78 is 2.34. The van der Waals surface area contributed by atoms with E-state index in [0.717, 1.165) is 29.4 Å². The van der Waals surface area contributed by atoms with Crippen molar-refractivity contribution in [1.82, 2.24) is 30.9 Å². The van der Waals surface area contributed by atoms with E-state index in [4.69, 9.17) is 0 Å². The third-order valence-electron chi connectivity index (χ3n) is 5.96. The van der Waals surface area contributed by atoms with Crippen LogP contribution in [0.2, 0.25) is 0 Å². The first kappa shape index (κ1) is 20.4. The zero-order valence-electron chi connectivity index (χ0n) is 16.9. The second-order valence-corrected chi connectivity index (χ2v) is 8.60. The van der Waals surface area contributed by atoms with Gasteiger partial charge in [-0.25, -0.2) is 5.43 Å². The first-order valence-corrected chi connectivity index (χ1v) is 11.8. The summed E-state index contributed by atoms with van der Waals surface area (Å²) >= 11 is 1.67. The molecule has 2 unspecified atom stereocenters. The van der Waals surface area contributed by atoms with Crippen LogP contribution < -0.4 is 16.2 Å². The molecule has 8 heteroatoms. The van der Waals surface area contributed by atoms with Gasteiger partial charge in [-0.15, -0.1) is 10.2 Å². The minimum atomic E-state index is -0.109. The Labute approximate surface area is 176 Å². The molecule has 1 aromatic heterocycles. The van der Waals surface area contributed by atoms with Crippen LogP contribution in [0.5, 0.6) is 0 Å². The van der Waals surface area contributed by atoms with Gasteiger partial charge in [0.1, 0.15) is 5.82 Å². The Hall–Kier alpha value is -1.90. The van der Waals surface area contributed by atoms with E-state index < -0.39 is 0 Å². The highest BCUT2D eigenvalue weighted by atomic mass is 32.2. The highest BCUT2D eigenvalue weighted by Gasteiger charge is 2.33. The molecule has 1 aromatic carbocycles. The molecular weight excluding hydrogens is 384 g/mol. The predicted molar refractivity (Wildman–Crippen MR) is 114 cm³/mol. The topological polar surface area (TPSA) is 83.9 Å². The minimum absolute atomic E-state index is 0.00537. The van der Waals surface area contributed by atoms with Gasteiger partial charge in [0.25, 0.3) is 0 Å². The molecule has 156 valence electrons. The van der Waals surface area contributed by atoms with Gasteiger partial charge in [-0.3, -0.25) is 10.2 Å². The van der Waals surface area contributed by atoms with E-state index in [2.05, 4.69) is 49.3 Å². The molecular formula is C21H30N6OS. The van der Waals surface area contributed by atoms with E-state index in [0.29, 0.717) is 19.1 Å². The van der Waals surface area contributed by atoms with Crippen molar-refractivity contribution in [2.24, 2.45) is 5.92 Å². The summed E-state index contributed by atoms with van der Waals surface area (Å²) in [5.41, 5.74) is 7.50. The van der Waals surface area contributed by atoms with Crippen molar-refractivity contribution in [3.8, 4) is 0 Å². The van der Waals surface area contributed by atoms with Gasteiger partial charge in [-0.1, -0.05) is 54.9 Å². The monoisotopic (exact) mass is 414 g/mol. The van der Waals surface area contributed by atoms with Gasteiger partial charge in [0.15, 0.2) is 5.16 Å². The third-order valence-corrected chi connectivity index (χ3v) is 6.60.